The summed E-state index contributed by atoms with van der Waals surface area (Å²) in [5.41, 5.74) is -0.173. The third-order valence-electron chi connectivity index (χ3n) is 2.79. The van der Waals surface area contributed by atoms with Crippen LogP contribution in [0.3, 0.4) is 0 Å². The summed E-state index contributed by atoms with van der Waals surface area (Å²) in [5.74, 6) is 0.858. The number of carbonyl (C=O) groups is 1. The van der Waals surface area contributed by atoms with Gasteiger partial charge in [-0.1, -0.05) is 37.6 Å². The van der Waals surface area contributed by atoms with E-state index < -0.39 is 0 Å². The average Bonchev–Trinajstić information content (AvgIpc) is 2.64. The predicted octanol–water partition coefficient (Wildman–Crippen LogP) is 3.17. The molecule has 0 bridgehead atoms. The van der Waals surface area contributed by atoms with Crippen molar-refractivity contribution in [3.63, 3.8) is 0 Å². The zero-order valence-corrected chi connectivity index (χ0v) is 10.3. The maximum absolute atomic E-state index is 11.6. The zero-order chi connectivity index (χ0) is 11.1. The van der Waals surface area contributed by atoms with Gasteiger partial charge in [0.25, 0.3) is 0 Å². The van der Waals surface area contributed by atoms with Crippen molar-refractivity contribution in [2.75, 3.05) is 12.4 Å². The summed E-state index contributed by atoms with van der Waals surface area (Å²) in [6.45, 7) is 6.22. The van der Waals surface area contributed by atoms with Gasteiger partial charge >= 0.3 is 0 Å². The molecular formula is C12H20O2S. The van der Waals surface area contributed by atoms with Gasteiger partial charge in [0.1, 0.15) is 0 Å². The molecule has 0 atom stereocenters. The van der Waals surface area contributed by atoms with Crippen LogP contribution in [-0.4, -0.2) is 23.1 Å². The minimum Gasteiger partial charge on any atom is -0.370 e. The van der Waals surface area contributed by atoms with Crippen LogP contribution in [0.15, 0.2) is 12.7 Å². The van der Waals surface area contributed by atoms with Gasteiger partial charge in [-0.2, -0.15) is 0 Å². The summed E-state index contributed by atoms with van der Waals surface area (Å²) in [5, 5.41) is 0.267. The molecule has 1 aliphatic carbocycles. The van der Waals surface area contributed by atoms with E-state index in [9.17, 15) is 4.79 Å². The summed E-state index contributed by atoms with van der Waals surface area (Å²) in [6.07, 6.45) is 6.74. The van der Waals surface area contributed by atoms with Crippen LogP contribution in [0.1, 0.15) is 39.0 Å². The van der Waals surface area contributed by atoms with Crippen LogP contribution in [0, 0.1) is 0 Å². The second kappa shape index (κ2) is 6.33. The van der Waals surface area contributed by atoms with E-state index in [1.54, 1.807) is 6.08 Å². The van der Waals surface area contributed by atoms with Crippen molar-refractivity contribution < 1.29 is 9.53 Å². The van der Waals surface area contributed by atoms with E-state index in [1.807, 2.05) is 6.92 Å². The highest BCUT2D eigenvalue weighted by molar-refractivity contribution is 8.13. The molecule has 1 aliphatic rings. The van der Waals surface area contributed by atoms with Crippen LogP contribution in [0.25, 0.3) is 0 Å². The smallest absolute Gasteiger partial charge is 0.191 e. The Morgan fingerprint density at radius 3 is 2.73 bits per heavy atom. The van der Waals surface area contributed by atoms with Crippen molar-refractivity contribution in [1.82, 2.24) is 0 Å². The van der Waals surface area contributed by atoms with Crippen LogP contribution in [0.2, 0.25) is 0 Å². The van der Waals surface area contributed by atoms with E-state index >= 15 is 0 Å². The number of thioether (sulfide) groups is 1. The highest BCUT2D eigenvalue weighted by Crippen LogP contribution is 2.37. The first-order chi connectivity index (χ1) is 7.22. The number of ether oxygens (including phenoxy) is 1. The molecule has 0 unspecified atom stereocenters. The first-order valence-electron chi connectivity index (χ1n) is 5.63. The van der Waals surface area contributed by atoms with E-state index in [0.29, 0.717) is 13.0 Å². The maximum Gasteiger partial charge on any atom is 0.191 e. The topological polar surface area (TPSA) is 26.3 Å². The minimum absolute atomic E-state index is 0.173. The molecule has 0 N–H and O–H groups in total. The number of hydrogen-bond donors (Lipinski definition) is 0. The third-order valence-corrected chi connectivity index (χ3v) is 3.55. The fourth-order valence-corrected chi connectivity index (χ4v) is 2.79. The summed E-state index contributed by atoms with van der Waals surface area (Å²) in [6, 6.07) is 0. The lowest BCUT2D eigenvalue weighted by atomic mass is 9.98. The molecule has 0 aromatic carbocycles. The lowest BCUT2D eigenvalue weighted by Gasteiger charge is -2.27. The highest BCUT2D eigenvalue weighted by atomic mass is 32.2. The predicted molar refractivity (Wildman–Crippen MR) is 65.1 cm³/mol. The Bertz CT molecular complexity index is 220. The van der Waals surface area contributed by atoms with Crippen molar-refractivity contribution in [3.05, 3.63) is 12.7 Å². The normalized spacial score (nSPS) is 19.0. The van der Waals surface area contributed by atoms with Crippen molar-refractivity contribution in [2.24, 2.45) is 0 Å². The maximum atomic E-state index is 11.6. The number of carbonyl (C=O) groups excluding carboxylic acids is 1. The summed E-state index contributed by atoms with van der Waals surface area (Å²) >= 11 is 1.41. The molecular weight excluding hydrogens is 208 g/mol. The van der Waals surface area contributed by atoms with Crippen molar-refractivity contribution in [3.8, 4) is 0 Å². The first kappa shape index (κ1) is 12.8. The van der Waals surface area contributed by atoms with Crippen molar-refractivity contribution >= 4 is 16.9 Å². The molecule has 0 spiro atoms. The van der Waals surface area contributed by atoms with E-state index in [-0.39, 0.29) is 10.7 Å². The van der Waals surface area contributed by atoms with Crippen molar-refractivity contribution in [2.45, 2.75) is 44.6 Å². The largest absolute Gasteiger partial charge is 0.370 e. The van der Waals surface area contributed by atoms with Gasteiger partial charge in [0.2, 0.25) is 0 Å². The van der Waals surface area contributed by atoms with Gasteiger partial charge in [-0.05, 0) is 18.6 Å². The first-order valence-corrected chi connectivity index (χ1v) is 6.61. The molecule has 1 fully saturated rings. The molecule has 15 heavy (non-hydrogen) atoms. The Balaban J connectivity index is 2.48. The van der Waals surface area contributed by atoms with Crippen LogP contribution in [-0.2, 0) is 9.53 Å². The second-order valence-corrected chi connectivity index (χ2v) is 5.29. The Labute approximate surface area is 96.5 Å². The minimum atomic E-state index is -0.173. The Hall–Kier alpha value is -0.280. The molecule has 0 aromatic heterocycles. The van der Waals surface area contributed by atoms with Gasteiger partial charge in [0, 0.05) is 6.42 Å². The summed E-state index contributed by atoms with van der Waals surface area (Å²) in [7, 11) is 0. The third kappa shape index (κ3) is 3.99. The molecule has 0 aliphatic heterocycles. The molecule has 2 nitrogen and oxygen atoms in total. The second-order valence-electron chi connectivity index (χ2n) is 3.97. The van der Waals surface area contributed by atoms with Crippen molar-refractivity contribution in [1.29, 1.82) is 0 Å². The lowest BCUT2D eigenvalue weighted by Crippen LogP contribution is -2.31. The van der Waals surface area contributed by atoms with Gasteiger partial charge in [-0.15, -0.1) is 6.58 Å². The average molecular weight is 228 g/mol. The molecule has 1 rings (SSSR count). The van der Waals surface area contributed by atoms with Crippen LogP contribution >= 0.6 is 11.8 Å². The van der Waals surface area contributed by atoms with Crippen LogP contribution < -0.4 is 0 Å². The zero-order valence-electron chi connectivity index (χ0n) is 9.46. The molecule has 0 amide bonds. The fraction of sp³-hybridized carbons (Fsp3) is 0.750. The lowest BCUT2D eigenvalue weighted by molar-refractivity contribution is -0.118. The number of hydrogen-bond acceptors (Lipinski definition) is 3. The van der Waals surface area contributed by atoms with E-state index in [2.05, 4.69) is 6.58 Å². The summed E-state index contributed by atoms with van der Waals surface area (Å²) < 4.78 is 5.80. The molecule has 1 saturated carbocycles. The monoisotopic (exact) mass is 228 g/mol. The van der Waals surface area contributed by atoms with E-state index in [0.717, 1.165) is 18.6 Å². The van der Waals surface area contributed by atoms with E-state index in [1.165, 1.54) is 24.6 Å². The fourth-order valence-electron chi connectivity index (χ4n) is 2.10. The Morgan fingerprint density at radius 2 is 2.20 bits per heavy atom. The molecule has 0 saturated heterocycles. The highest BCUT2D eigenvalue weighted by Gasteiger charge is 2.36. The number of rotatable bonds is 6. The summed E-state index contributed by atoms with van der Waals surface area (Å²) in [4.78, 5) is 11.6. The van der Waals surface area contributed by atoms with Crippen LogP contribution in [0.5, 0.6) is 0 Å². The van der Waals surface area contributed by atoms with E-state index in [4.69, 9.17) is 4.74 Å². The molecule has 0 aromatic rings. The SMILES string of the molecule is C=CCOC1(CC(=O)SCC)CCCC1. The van der Waals surface area contributed by atoms with Gasteiger partial charge < -0.3 is 4.74 Å². The molecule has 3 heteroatoms. The molecule has 0 radical (unpaired) electrons. The molecule has 0 heterocycles. The van der Waals surface area contributed by atoms with Gasteiger partial charge in [0.05, 0.1) is 12.2 Å². The molecule has 86 valence electrons. The Kier molecular flexibility index (Phi) is 5.40. The van der Waals surface area contributed by atoms with Gasteiger partial charge in [0.15, 0.2) is 5.12 Å². The van der Waals surface area contributed by atoms with Gasteiger partial charge in [-0.3, -0.25) is 4.79 Å². The van der Waals surface area contributed by atoms with Crippen LogP contribution in [0.4, 0.5) is 0 Å². The van der Waals surface area contributed by atoms with Gasteiger partial charge in [-0.25, -0.2) is 0 Å². The standard InChI is InChI=1S/C12H20O2S/c1-3-9-14-12(7-5-6-8-12)10-11(13)15-4-2/h3H,1,4-10H2,2H3. The quantitative estimate of drug-likeness (QED) is 0.653. The Morgan fingerprint density at radius 1 is 1.53 bits per heavy atom.